The van der Waals surface area contributed by atoms with Gasteiger partial charge in [-0.15, -0.1) is 0 Å². The van der Waals surface area contributed by atoms with E-state index in [1.54, 1.807) is 0 Å². The van der Waals surface area contributed by atoms with E-state index in [0.29, 0.717) is 12.0 Å². The number of hydrogen-bond donors (Lipinski definition) is 1. The van der Waals surface area contributed by atoms with E-state index in [2.05, 4.69) is 43.0 Å². The molecule has 0 amide bonds. The molecule has 100 valence electrons. The summed E-state index contributed by atoms with van der Waals surface area (Å²) in [6.07, 6.45) is 5.08. The van der Waals surface area contributed by atoms with Crippen molar-refractivity contribution in [3.8, 4) is 0 Å². The van der Waals surface area contributed by atoms with Crippen molar-refractivity contribution in [1.29, 1.82) is 0 Å². The van der Waals surface area contributed by atoms with Crippen molar-refractivity contribution < 1.29 is 0 Å². The van der Waals surface area contributed by atoms with Crippen molar-refractivity contribution in [2.75, 3.05) is 18.0 Å². The van der Waals surface area contributed by atoms with E-state index in [-0.39, 0.29) is 0 Å². The van der Waals surface area contributed by atoms with Gasteiger partial charge in [0.25, 0.3) is 0 Å². The van der Waals surface area contributed by atoms with Crippen LogP contribution in [0.25, 0.3) is 0 Å². The van der Waals surface area contributed by atoms with Crippen LogP contribution in [0.15, 0.2) is 24.3 Å². The molecule has 1 aliphatic rings. The Kier molecular flexibility index (Phi) is 4.65. The maximum Gasteiger partial charge on any atom is 0.0368 e. The van der Waals surface area contributed by atoms with Gasteiger partial charge in [0.05, 0.1) is 0 Å². The average molecular weight is 246 g/mol. The van der Waals surface area contributed by atoms with E-state index in [9.17, 15) is 0 Å². The summed E-state index contributed by atoms with van der Waals surface area (Å²) < 4.78 is 0. The highest BCUT2D eigenvalue weighted by Crippen LogP contribution is 2.27. The van der Waals surface area contributed by atoms with Crippen molar-refractivity contribution in [2.45, 2.75) is 51.5 Å². The summed E-state index contributed by atoms with van der Waals surface area (Å²) in [5.74, 6) is 0.611. The molecule has 2 nitrogen and oxygen atoms in total. The Morgan fingerprint density at radius 3 is 2.56 bits per heavy atom. The molecular weight excluding hydrogens is 220 g/mol. The van der Waals surface area contributed by atoms with Crippen LogP contribution in [0.2, 0.25) is 0 Å². The van der Waals surface area contributed by atoms with Crippen LogP contribution in [0, 0.1) is 0 Å². The van der Waals surface area contributed by atoms with Gasteiger partial charge in [-0.2, -0.15) is 0 Å². The fourth-order valence-corrected chi connectivity index (χ4v) is 2.88. The molecule has 1 unspecified atom stereocenters. The van der Waals surface area contributed by atoms with Gasteiger partial charge in [0.15, 0.2) is 0 Å². The summed E-state index contributed by atoms with van der Waals surface area (Å²) in [5, 5.41) is 0. The molecule has 1 aromatic carbocycles. The van der Waals surface area contributed by atoms with Crippen molar-refractivity contribution in [2.24, 2.45) is 5.73 Å². The van der Waals surface area contributed by atoms with Gasteiger partial charge in [0.2, 0.25) is 0 Å². The summed E-state index contributed by atoms with van der Waals surface area (Å²) in [4.78, 5) is 2.56. The normalized spacial score (nSPS) is 20.4. The lowest BCUT2D eigenvalue weighted by Gasteiger charge is -2.37. The van der Waals surface area contributed by atoms with Gasteiger partial charge < -0.3 is 10.6 Å². The minimum atomic E-state index is 0.611. The topological polar surface area (TPSA) is 29.3 Å². The predicted octanol–water partition coefficient (Wildman–Crippen LogP) is 3.52. The monoisotopic (exact) mass is 246 g/mol. The molecule has 0 bridgehead atoms. The third-order valence-electron chi connectivity index (χ3n) is 4.02. The first-order chi connectivity index (χ1) is 8.72. The van der Waals surface area contributed by atoms with Crippen molar-refractivity contribution in [3.63, 3.8) is 0 Å². The van der Waals surface area contributed by atoms with Gasteiger partial charge in [-0.05, 0) is 55.8 Å². The summed E-state index contributed by atoms with van der Waals surface area (Å²) in [6.45, 7) is 6.47. The van der Waals surface area contributed by atoms with Crippen LogP contribution in [-0.2, 0) is 0 Å². The van der Waals surface area contributed by atoms with Crippen LogP contribution in [0.4, 0.5) is 5.69 Å². The molecule has 1 heterocycles. The Morgan fingerprint density at radius 1 is 1.22 bits per heavy atom. The van der Waals surface area contributed by atoms with Gasteiger partial charge in [0.1, 0.15) is 0 Å². The molecule has 1 aromatic rings. The first-order valence-electron chi connectivity index (χ1n) is 7.29. The minimum Gasteiger partial charge on any atom is -0.369 e. The number of anilines is 1. The number of piperidine rings is 1. The zero-order valence-electron chi connectivity index (χ0n) is 11.7. The molecule has 0 spiro atoms. The van der Waals surface area contributed by atoms with E-state index in [4.69, 9.17) is 5.73 Å². The number of rotatable bonds is 4. The Labute approximate surface area is 111 Å². The molecule has 18 heavy (non-hydrogen) atoms. The van der Waals surface area contributed by atoms with Gasteiger partial charge in [-0.3, -0.25) is 0 Å². The minimum absolute atomic E-state index is 0.611. The van der Waals surface area contributed by atoms with Gasteiger partial charge >= 0.3 is 0 Å². The van der Waals surface area contributed by atoms with Crippen LogP contribution < -0.4 is 10.6 Å². The van der Waals surface area contributed by atoms with E-state index < -0.39 is 0 Å². The number of nitrogens with two attached hydrogens (primary N) is 1. The fourth-order valence-electron chi connectivity index (χ4n) is 2.88. The standard InChI is InChI=1S/C16H26N2/c1-13(2)14-6-8-16(9-7-14)18-12-4-3-5-15(18)10-11-17/h6-9,13,15H,3-5,10-12,17H2,1-2H3. The summed E-state index contributed by atoms with van der Waals surface area (Å²) >= 11 is 0. The molecule has 1 aliphatic heterocycles. The molecule has 0 saturated carbocycles. The Morgan fingerprint density at radius 2 is 1.94 bits per heavy atom. The third-order valence-corrected chi connectivity index (χ3v) is 4.02. The quantitative estimate of drug-likeness (QED) is 0.880. The lowest BCUT2D eigenvalue weighted by molar-refractivity contribution is 0.442. The summed E-state index contributed by atoms with van der Waals surface area (Å²) in [6, 6.07) is 9.75. The number of nitrogens with zero attached hydrogens (tertiary/aromatic N) is 1. The molecule has 2 heteroatoms. The molecule has 0 aromatic heterocycles. The molecule has 2 N–H and O–H groups in total. The van der Waals surface area contributed by atoms with E-state index in [0.717, 1.165) is 13.0 Å². The fraction of sp³-hybridized carbons (Fsp3) is 0.625. The molecule has 0 aliphatic carbocycles. The van der Waals surface area contributed by atoms with Crippen LogP contribution in [0.5, 0.6) is 0 Å². The molecule has 0 radical (unpaired) electrons. The summed E-state index contributed by atoms with van der Waals surface area (Å²) in [7, 11) is 0. The van der Waals surface area contributed by atoms with E-state index >= 15 is 0 Å². The van der Waals surface area contributed by atoms with E-state index in [1.807, 2.05) is 0 Å². The molecule has 1 fully saturated rings. The molecule has 1 saturated heterocycles. The predicted molar refractivity (Wildman–Crippen MR) is 79.2 cm³/mol. The largest absolute Gasteiger partial charge is 0.369 e. The first kappa shape index (κ1) is 13.4. The second kappa shape index (κ2) is 6.24. The van der Waals surface area contributed by atoms with Gasteiger partial charge in [-0.1, -0.05) is 26.0 Å². The third kappa shape index (κ3) is 3.05. The SMILES string of the molecule is CC(C)c1ccc(N2CCCCC2CCN)cc1. The second-order valence-corrected chi connectivity index (χ2v) is 5.67. The van der Waals surface area contributed by atoms with Gasteiger partial charge in [-0.25, -0.2) is 0 Å². The smallest absolute Gasteiger partial charge is 0.0368 e. The van der Waals surface area contributed by atoms with Crippen LogP contribution >= 0.6 is 0 Å². The Hall–Kier alpha value is -1.02. The number of benzene rings is 1. The van der Waals surface area contributed by atoms with Crippen molar-refractivity contribution >= 4 is 5.69 Å². The lowest BCUT2D eigenvalue weighted by atomic mass is 9.97. The summed E-state index contributed by atoms with van der Waals surface area (Å²) in [5.41, 5.74) is 8.53. The molecule has 1 atom stereocenters. The Balaban J connectivity index is 2.12. The first-order valence-corrected chi connectivity index (χ1v) is 7.29. The van der Waals surface area contributed by atoms with Crippen LogP contribution in [-0.4, -0.2) is 19.1 Å². The zero-order chi connectivity index (χ0) is 13.0. The number of hydrogen-bond acceptors (Lipinski definition) is 2. The highest BCUT2D eigenvalue weighted by molar-refractivity contribution is 5.49. The van der Waals surface area contributed by atoms with Crippen LogP contribution in [0.1, 0.15) is 51.0 Å². The second-order valence-electron chi connectivity index (χ2n) is 5.67. The van der Waals surface area contributed by atoms with Crippen molar-refractivity contribution in [3.05, 3.63) is 29.8 Å². The molecular formula is C16H26N2. The van der Waals surface area contributed by atoms with Gasteiger partial charge in [0, 0.05) is 18.3 Å². The Bertz CT molecular complexity index is 354. The highest BCUT2D eigenvalue weighted by atomic mass is 15.2. The van der Waals surface area contributed by atoms with Crippen molar-refractivity contribution in [1.82, 2.24) is 0 Å². The molecule has 2 rings (SSSR count). The lowest BCUT2D eigenvalue weighted by Crippen LogP contribution is -2.40. The van der Waals surface area contributed by atoms with E-state index in [1.165, 1.54) is 37.1 Å². The van der Waals surface area contributed by atoms with Crippen LogP contribution in [0.3, 0.4) is 0 Å². The average Bonchev–Trinajstić information content (AvgIpc) is 2.40. The zero-order valence-corrected chi connectivity index (χ0v) is 11.7. The highest BCUT2D eigenvalue weighted by Gasteiger charge is 2.21. The maximum atomic E-state index is 5.74. The maximum absolute atomic E-state index is 5.74.